The number of nitrogens with one attached hydrogen (secondary N) is 1. The van der Waals surface area contributed by atoms with E-state index in [4.69, 9.17) is 5.11 Å². The summed E-state index contributed by atoms with van der Waals surface area (Å²) in [7, 11) is 0. The summed E-state index contributed by atoms with van der Waals surface area (Å²) in [6.45, 7) is 2.26. The minimum Gasteiger partial charge on any atom is -0.480 e. The molecule has 0 spiro atoms. The van der Waals surface area contributed by atoms with E-state index in [1.54, 1.807) is 0 Å². The number of halogens is 17. The molecule has 36 heavy (non-hydrogen) atoms. The Morgan fingerprint density at radius 2 is 0.917 bits per heavy atom. The molecule has 0 aliphatic rings. The van der Waals surface area contributed by atoms with Crippen LogP contribution in [0.15, 0.2) is 0 Å². The molecule has 2 N–H and O–H groups in total. The minimum atomic E-state index is -8.82. The van der Waals surface area contributed by atoms with Gasteiger partial charge in [-0.05, 0) is 12.3 Å². The number of carbonyl (C=O) groups is 2. The van der Waals surface area contributed by atoms with Crippen LogP contribution in [0.1, 0.15) is 20.3 Å². The lowest BCUT2D eigenvalue weighted by atomic mass is 9.88. The molecule has 1 amide bonds. The third kappa shape index (κ3) is 4.84. The Balaban J connectivity index is 6.69. The van der Waals surface area contributed by atoms with Crippen molar-refractivity contribution in [2.75, 3.05) is 0 Å². The van der Waals surface area contributed by atoms with Crippen LogP contribution in [0.4, 0.5) is 74.6 Å². The Kier molecular flexibility index (Phi) is 8.67. The quantitative estimate of drug-likeness (QED) is 0.314. The Bertz CT molecular complexity index is 834. The molecule has 0 heterocycles. The van der Waals surface area contributed by atoms with Crippen molar-refractivity contribution in [3.63, 3.8) is 0 Å². The van der Waals surface area contributed by atoms with Gasteiger partial charge in [-0.1, -0.05) is 13.8 Å². The van der Waals surface area contributed by atoms with Gasteiger partial charge in [0.1, 0.15) is 6.04 Å². The van der Waals surface area contributed by atoms with E-state index in [1.807, 2.05) is 0 Å². The molecule has 0 aromatic heterocycles. The minimum absolute atomic E-state index is 0.480. The van der Waals surface area contributed by atoms with E-state index in [2.05, 4.69) is 0 Å². The molecular formula is C15H12F17NO3. The number of alkyl halides is 17. The largest absolute Gasteiger partial charge is 0.480 e. The van der Waals surface area contributed by atoms with Crippen molar-refractivity contribution in [3.05, 3.63) is 0 Å². The van der Waals surface area contributed by atoms with E-state index < -0.39 is 77.9 Å². The van der Waals surface area contributed by atoms with Crippen LogP contribution in [-0.4, -0.2) is 70.7 Å². The molecule has 0 aliphatic carbocycles. The van der Waals surface area contributed by atoms with Gasteiger partial charge in [0.05, 0.1) is 0 Å². The van der Waals surface area contributed by atoms with Gasteiger partial charge < -0.3 is 10.4 Å². The van der Waals surface area contributed by atoms with Gasteiger partial charge >= 0.3 is 53.6 Å². The molecule has 0 aliphatic heterocycles. The van der Waals surface area contributed by atoms with Gasteiger partial charge in [-0.3, -0.25) is 4.79 Å². The van der Waals surface area contributed by atoms with Crippen molar-refractivity contribution >= 4 is 11.9 Å². The average Bonchev–Trinajstić information content (AvgIpc) is 2.64. The van der Waals surface area contributed by atoms with Gasteiger partial charge in [0, 0.05) is 0 Å². The van der Waals surface area contributed by atoms with E-state index in [9.17, 15) is 84.2 Å². The number of amides is 1. The van der Waals surface area contributed by atoms with Crippen molar-refractivity contribution in [2.45, 2.75) is 73.9 Å². The third-order valence-electron chi connectivity index (χ3n) is 4.32. The van der Waals surface area contributed by atoms with Crippen LogP contribution in [-0.2, 0) is 9.59 Å². The van der Waals surface area contributed by atoms with Crippen molar-refractivity contribution in [3.8, 4) is 0 Å². The fraction of sp³-hybridized carbons (Fsp3) is 0.867. The molecule has 0 radical (unpaired) electrons. The highest BCUT2D eigenvalue weighted by Crippen LogP contribution is 2.63. The molecule has 0 aromatic rings. The highest BCUT2D eigenvalue weighted by molar-refractivity contribution is 5.89. The number of rotatable bonds is 11. The fourth-order valence-corrected chi connectivity index (χ4v) is 2.25. The first-order valence-electron chi connectivity index (χ1n) is 8.64. The number of carbonyl (C=O) groups excluding carboxylic acids is 1. The molecule has 4 nitrogen and oxygen atoms in total. The zero-order valence-electron chi connectivity index (χ0n) is 17.1. The number of carboxylic acids is 1. The average molecular weight is 577 g/mol. The van der Waals surface area contributed by atoms with E-state index in [0.717, 1.165) is 13.8 Å². The molecule has 0 rings (SSSR count). The smallest absolute Gasteiger partial charge is 0.460 e. The first-order chi connectivity index (χ1) is 15.4. The predicted octanol–water partition coefficient (Wildman–Crippen LogP) is 5.61. The van der Waals surface area contributed by atoms with Gasteiger partial charge in [0.25, 0.3) is 5.91 Å². The lowest BCUT2D eigenvalue weighted by Gasteiger charge is -2.42. The Morgan fingerprint density at radius 3 is 1.19 bits per heavy atom. The molecule has 0 saturated heterocycles. The van der Waals surface area contributed by atoms with E-state index in [0.29, 0.717) is 5.32 Å². The third-order valence-corrected chi connectivity index (χ3v) is 4.32. The summed E-state index contributed by atoms with van der Waals surface area (Å²) in [6, 6.07) is -2.62. The number of carboxylic acid groups (broad SMARTS) is 1. The maximum Gasteiger partial charge on any atom is 0.460 e. The molecule has 214 valence electrons. The zero-order chi connectivity index (χ0) is 29.7. The van der Waals surface area contributed by atoms with E-state index in [-0.39, 0.29) is 0 Å². The molecule has 0 saturated carbocycles. The van der Waals surface area contributed by atoms with Crippen molar-refractivity contribution < 1.29 is 89.3 Å². The Hall–Kier alpha value is -2.25. The monoisotopic (exact) mass is 577 g/mol. The summed E-state index contributed by atoms with van der Waals surface area (Å²) in [5.41, 5.74) is 0. The topological polar surface area (TPSA) is 66.4 Å². The van der Waals surface area contributed by atoms with Crippen LogP contribution in [0, 0.1) is 5.92 Å². The van der Waals surface area contributed by atoms with Crippen molar-refractivity contribution in [1.29, 1.82) is 0 Å². The summed E-state index contributed by atoms with van der Waals surface area (Å²) in [6.07, 6.45) is -8.79. The lowest BCUT2D eigenvalue weighted by Crippen LogP contribution is -2.75. The molecule has 0 fully saturated rings. The van der Waals surface area contributed by atoms with Gasteiger partial charge in [0.2, 0.25) is 0 Å². The standard InChI is InChI=1S/C15H12F17NO3/c1-4(2)3-5(6(34)35)33-7(36)8(16,17)9(18,19)10(20,21)11(22,23)12(24,25)13(26,27)14(28,29)15(30,31)32/h4-5H,3H2,1-2H3,(H,33,36)(H,34,35)/t5-/m0/s1. The van der Waals surface area contributed by atoms with E-state index in [1.165, 1.54) is 0 Å². The van der Waals surface area contributed by atoms with Crippen LogP contribution >= 0.6 is 0 Å². The molecule has 0 bridgehead atoms. The summed E-state index contributed by atoms with van der Waals surface area (Å²) < 4.78 is 224. The summed E-state index contributed by atoms with van der Waals surface area (Å²) in [4.78, 5) is 22.2. The second-order valence-corrected chi connectivity index (χ2v) is 7.51. The zero-order valence-corrected chi connectivity index (χ0v) is 17.1. The van der Waals surface area contributed by atoms with Crippen LogP contribution in [0.5, 0.6) is 0 Å². The van der Waals surface area contributed by atoms with Crippen LogP contribution in [0.3, 0.4) is 0 Å². The SMILES string of the molecule is CC(C)C[C@H](NC(=O)C(F)(F)C(F)(F)C(F)(F)C(F)(F)C(F)(F)C(F)(F)C(F)(F)C(F)(F)F)C(=O)O. The first kappa shape index (κ1) is 33.8. The van der Waals surface area contributed by atoms with Crippen LogP contribution < -0.4 is 5.32 Å². The summed E-state index contributed by atoms with van der Waals surface area (Å²) >= 11 is 0. The normalized spacial score (nSPS) is 16.2. The Labute approximate surface area is 187 Å². The second kappa shape index (κ2) is 9.25. The van der Waals surface area contributed by atoms with E-state index >= 15 is 0 Å². The molecular weight excluding hydrogens is 565 g/mol. The maximum atomic E-state index is 13.8. The second-order valence-electron chi connectivity index (χ2n) is 7.51. The predicted molar refractivity (Wildman–Crippen MR) is 79.7 cm³/mol. The van der Waals surface area contributed by atoms with Gasteiger partial charge in [-0.2, -0.15) is 74.6 Å². The highest BCUT2D eigenvalue weighted by Gasteiger charge is 2.95. The summed E-state index contributed by atoms with van der Waals surface area (Å²) in [5, 5.41) is 9.19. The number of hydrogen-bond acceptors (Lipinski definition) is 2. The Morgan fingerprint density at radius 1 is 0.611 bits per heavy atom. The molecule has 0 aromatic carbocycles. The van der Waals surface area contributed by atoms with Crippen LogP contribution in [0.25, 0.3) is 0 Å². The van der Waals surface area contributed by atoms with Crippen LogP contribution in [0.2, 0.25) is 0 Å². The summed E-state index contributed by atoms with van der Waals surface area (Å²) in [5.74, 6) is -65.8. The van der Waals surface area contributed by atoms with Gasteiger partial charge in [-0.25, -0.2) is 4.79 Å². The molecule has 1 atom stereocenters. The number of aliphatic carboxylic acids is 1. The molecule has 21 heteroatoms. The highest BCUT2D eigenvalue weighted by atomic mass is 19.4. The van der Waals surface area contributed by atoms with Crippen molar-refractivity contribution in [1.82, 2.24) is 5.32 Å². The first-order valence-corrected chi connectivity index (χ1v) is 8.64. The van der Waals surface area contributed by atoms with Crippen molar-refractivity contribution in [2.24, 2.45) is 5.92 Å². The lowest BCUT2D eigenvalue weighted by molar-refractivity contribution is -0.459. The van der Waals surface area contributed by atoms with Gasteiger partial charge in [0.15, 0.2) is 0 Å². The fourth-order valence-electron chi connectivity index (χ4n) is 2.25. The molecule has 0 unspecified atom stereocenters. The maximum absolute atomic E-state index is 13.8. The van der Waals surface area contributed by atoms with Gasteiger partial charge in [-0.15, -0.1) is 0 Å². The number of hydrogen-bond donors (Lipinski definition) is 2.